The number of rotatable bonds is 5. The number of H-pyrrole nitrogens is 1. The quantitative estimate of drug-likeness (QED) is 0.704. The standard InChI is InChI=1S/C20H19FN2O6/c1-26-14-9-12(10-15(27-2)18(14)28-3)16-17(11-6-5-7-13(21)8-11)23(20(25)29-4)22-19(16)24/h5-10H,1-4H3,(H,22,24). The van der Waals surface area contributed by atoms with Crippen molar-refractivity contribution in [3.05, 3.63) is 52.6 Å². The number of aromatic amines is 1. The minimum Gasteiger partial charge on any atom is -0.493 e. The maximum atomic E-state index is 13.9. The third kappa shape index (κ3) is 3.54. The molecular weight excluding hydrogens is 383 g/mol. The number of aromatic nitrogens is 2. The summed E-state index contributed by atoms with van der Waals surface area (Å²) in [6, 6.07) is 8.65. The van der Waals surface area contributed by atoms with Crippen molar-refractivity contribution in [3.63, 3.8) is 0 Å². The molecule has 0 spiro atoms. The molecule has 0 amide bonds. The number of hydrogen-bond acceptors (Lipinski definition) is 6. The van der Waals surface area contributed by atoms with E-state index in [4.69, 9.17) is 18.9 Å². The van der Waals surface area contributed by atoms with Gasteiger partial charge < -0.3 is 18.9 Å². The fourth-order valence-corrected chi connectivity index (χ4v) is 3.06. The lowest BCUT2D eigenvalue weighted by Gasteiger charge is -2.14. The van der Waals surface area contributed by atoms with Gasteiger partial charge in [-0.2, -0.15) is 4.68 Å². The zero-order valence-corrected chi connectivity index (χ0v) is 16.2. The zero-order valence-electron chi connectivity index (χ0n) is 16.2. The van der Waals surface area contributed by atoms with Crippen molar-refractivity contribution in [3.8, 4) is 39.6 Å². The van der Waals surface area contributed by atoms with Crippen LogP contribution < -0.4 is 19.8 Å². The van der Waals surface area contributed by atoms with Crippen molar-refractivity contribution in [1.82, 2.24) is 9.78 Å². The first-order valence-corrected chi connectivity index (χ1v) is 8.44. The van der Waals surface area contributed by atoms with Gasteiger partial charge >= 0.3 is 6.09 Å². The highest BCUT2D eigenvalue weighted by Gasteiger charge is 2.25. The van der Waals surface area contributed by atoms with Crippen molar-refractivity contribution in [2.45, 2.75) is 0 Å². The van der Waals surface area contributed by atoms with E-state index in [0.717, 1.165) is 4.68 Å². The van der Waals surface area contributed by atoms with E-state index in [1.807, 2.05) is 0 Å². The molecule has 0 saturated carbocycles. The van der Waals surface area contributed by atoms with E-state index < -0.39 is 17.5 Å². The molecular formula is C20H19FN2O6. The van der Waals surface area contributed by atoms with Crippen LogP contribution in [0.15, 0.2) is 41.2 Å². The Balaban J connectivity index is 2.38. The second kappa shape index (κ2) is 8.09. The molecule has 0 aliphatic heterocycles. The number of halogens is 1. The average molecular weight is 402 g/mol. The molecule has 1 N–H and O–H groups in total. The third-order valence-electron chi connectivity index (χ3n) is 4.31. The van der Waals surface area contributed by atoms with Gasteiger partial charge in [-0.1, -0.05) is 12.1 Å². The summed E-state index contributed by atoms with van der Waals surface area (Å²) in [5, 5.41) is 2.44. The van der Waals surface area contributed by atoms with Crippen molar-refractivity contribution < 1.29 is 28.1 Å². The second-order valence-electron chi connectivity index (χ2n) is 5.89. The molecule has 0 fully saturated rings. The largest absolute Gasteiger partial charge is 0.493 e. The summed E-state index contributed by atoms with van der Waals surface area (Å²) in [5.74, 6) is 0.452. The van der Waals surface area contributed by atoms with Gasteiger partial charge in [-0.05, 0) is 29.8 Å². The predicted molar refractivity (Wildman–Crippen MR) is 103 cm³/mol. The molecule has 0 saturated heterocycles. The fraction of sp³-hybridized carbons (Fsp3) is 0.200. The van der Waals surface area contributed by atoms with Crippen LogP contribution in [0.3, 0.4) is 0 Å². The summed E-state index contributed by atoms with van der Waals surface area (Å²) in [5.41, 5.74) is 0.347. The first-order chi connectivity index (χ1) is 13.9. The number of methoxy groups -OCH3 is 4. The minimum absolute atomic E-state index is 0.111. The Morgan fingerprint density at radius 3 is 2.14 bits per heavy atom. The molecule has 8 nitrogen and oxygen atoms in total. The second-order valence-corrected chi connectivity index (χ2v) is 5.89. The highest BCUT2D eigenvalue weighted by atomic mass is 19.1. The predicted octanol–water partition coefficient (Wildman–Crippen LogP) is 3.29. The zero-order chi connectivity index (χ0) is 21.1. The van der Waals surface area contributed by atoms with Crippen LogP contribution in [-0.2, 0) is 4.74 Å². The summed E-state index contributed by atoms with van der Waals surface area (Å²) >= 11 is 0. The maximum Gasteiger partial charge on any atom is 0.433 e. The highest BCUT2D eigenvalue weighted by molar-refractivity contribution is 5.88. The van der Waals surface area contributed by atoms with Crippen LogP contribution in [0, 0.1) is 5.82 Å². The van der Waals surface area contributed by atoms with Gasteiger partial charge in [0.2, 0.25) is 5.75 Å². The Morgan fingerprint density at radius 2 is 1.62 bits per heavy atom. The first kappa shape index (κ1) is 20.0. The topological polar surface area (TPSA) is 91.8 Å². The molecule has 0 atom stereocenters. The lowest BCUT2D eigenvalue weighted by Crippen LogP contribution is -2.16. The molecule has 152 valence electrons. The lowest BCUT2D eigenvalue weighted by molar-refractivity contribution is 0.169. The molecule has 0 bridgehead atoms. The molecule has 0 aliphatic rings. The molecule has 1 aromatic heterocycles. The van der Waals surface area contributed by atoms with Crippen LogP contribution in [0.25, 0.3) is 22.4 Å². The Morgan fingerprint density at radius 1 is 0.966 bits per heavy atom. The minimum atomic E-state index is -0.833. The summed E-state index contributed by atoms with van der Waals surface area (Å²) < 4.78 is 35.5. The number of carbonyl (C=O) groups is 1. The molecule has 0 aliphatic carbocycles. The van der Waals surface area contributed by atoms with Crippen molar-refractivity contribution in [2.24, 2.45) is 0 Å². The Kier molecular flexibility index (Phi) is 5.58. The van der Waals surface area contributed by atoms with Crippen LogP contribution in [0.4, 0.5) is 9.18 Å². The van der Waals surface area contributed by atoms with E-state index in [-0.39, 0.29) is 11.3 Å². The third-order valence-corrected chi connectivity index (χ3v) is 4.31. The monoisotopic (exact) mass is 402 g/mol. The van der Waals surface area contributed by atoms with Crippen molar-refractivity contribution in [1.29, 1.82) is 0 Å². The van der Waals surface area contributed by atoms with E-state index in [2.05, 4.69) is 5.10 Å². The van der Waals surface area contributed by atoms with Gasteiger partial charge in [-0.3, -0.25) is 9.89 Å². The highest BCUT2D eigenvalue weighted by Crippen LogP contribution is 2.42. The van der Waals surface area contributed by atoms with Gasteiger partial charge in [0.25, 0.3) is 5.56 Å². The Hall–Kier alpha value is -3.75. The number of nitrogens with one attached hydrogen (secondary N) is 1. The number of benzene rings is 2. The SMILES string of the molecule is COC(=O)n1[nH]c(=O)c(-c2cc(OC)c(OC)c(OC)c2)c1-c1cccc(F)c1. The summed E-state index contributed by atoms with van der Waals surface area (Å²) in [6.07, 6.45) is -0.833. The molecule has 3 aromatic rings. The van der Waals surface area contributed by atoms with E-state index >= 15 is 0 Å². The van der Waals surface area contributed by atoms with Gasteiger partial charge in [-0.15, -0.1) is 0 Å². The molecule has 29 heavy (non-hydrogen) atoms. The van der Waals surface area contributed by atoms with Crippen LogP contribution in [-0.4, -0.2) is 44.3 Å². The van der Waals surface area contributed by atoms with Gasteiger partial charge in [0.15, 0.2) is 11.5 Å². The van der Waals surface area contributed by atoms with Crippen molar-refractivity contribution >= 4 is 6.09 Å². The van der Waals surface area contributed by atoms with Gasteiger partial charge in [0.05, 0.1) is 39.7 Å². The Bertz CT molecular complexity index is 1090. The normalized spacial score (nSPS) is 10.5. The van der Waals surface area contributed by atoms with Crippen LogP contribution in [0.2, 0.25) is 0 Å². The first-order valence-electron chi connectivity index (χ1n) is 8.44. The summed E-state index contributed by atoms with van der Waals surface area (Å²) in [6.45, 7) is 0. The van der Waals surface area contributed by atoms with E-state index in [1.165, 1.54) is 46.6 Å². The molecule has 1 heterocycles. The molecule has 0 radical (unpaired) electrons. The van der Waals surface area contributed by atoms with Gasteiger partial charge in [0.1, 0.15) is 5.82 Å². The molecule has 2 aromatic carbocycles. The smallest absolute Gasteiger partial charge is 0.433 e. The Labute approximate surface area is 165 Å². The van der Waals surface area contributed by atoms with E-state index in [9.17, 15) is 14.0 Å². The summed E-state index contributed by atoms with van der Waals surface area (Å²) in [7, 11) is 5.52. The van der Waals surface area contributed by atoms with E-state index in [0.29, 0.717) is 28.4 Å². The van der Waals surface area contributed by atoms with Gasteiger partial charge in [0, 0.05) is 5.56 Å². The van der Waals surface area contributed by atoms with E-state index in [1.54, 1.807) is 18.2 Å². The molecule has 0 unspecified atom stereocenters. The lowest BCUT2D eigenvalue weighted by atomic mass is 10.00. The number of nitrogens with zero attached hydrogens (tertiary/aromatic N) is 1. The number of carbonyl (C=O) groups excluding carboxylic acids is 1. The molecule has 9 heteroatoms. The van der Waals surface area contributed by atoms with Crippen LogP contribution in [0.5, 0.6) is 17.2 Å². The summed E-state index contributed by atoms with van der Waals surface area (Å²) in [4.78, 5) is 25.0. The maximum absolute atomic E-state index is 13.9. The van der Waals surface area contributed by atoms with Crippen LogP contribution in [0.1, 0.15) is 0 Å². The van der Waals surface area contributed by atoms with Gasteiger partial charge in [-0.25, -0.2) is 9.18 Å². The molecule has 3 rings (SSSR count). The van der Waals surface area contributed by atoms with Crippen molar-refractivity contribution in [2.75, 3.05) is 28.4 Å². The number of hydrogen-bond donors (Lipinski definition) is 1. The number of ether oxygens (including phenoxy) is 4. The fourth-order valence-electron chi connectivity index (χ4n) is 3.06. The van der Waals surface area contributed by atoms with Crippen LogP contribution >= 0.6 is 0 Å². The average Bonchev–Trinajstić information content (AvgIpc) is 3.09.